The molecular formula is C11H17NO3S. The lowest BCUT2D eigenvalue weighted by molar-refractivity contribution is 0.408. The zero-order chi connectivity index (χ0) is 12.0. The summed E-state index contributed by atoms with van der Waals surface area (Å²) in [6.45, 7) is 1.07. The molecule has 0 heterocycles. The smallest absolute Gasteiger partial charge is 0.148 e. The number of hydrogen-bond donors (Lipinski definition) is 1. The minimum atomic E-state index is -2.89. The molecule has 0 saturated heterocycles. The summed E-state index contributed by atoms with van der Waals surface area (Å²) in [6, 6.07) is 7.66. The average molecular weight is 243 g/mol. The molecule has 90 valence electrons. The van der Waals surface area contributed by atoms with Gasteiger partial charge in [-0.25, -0.2) is 8.42 Å². The monoisotopic (exact) mass is 243 g/mol. The molecule has 0 spiro atoms. The van der Waals surface area contributed by atoms with Crippen LogP contribution in [0.4, 0.5) is 0 Å². The van der Waals surface area contributed by atoms with Crippen LogP contribution in [-0.4, -0.2) is 34.1 Å². The Morgan fingerprint density at radius 3 is 2.62 bits per heavy atom. The Balaban J connectivity index is 2.43. The van der Waals surface area contributed by atoms with E-state index in [1.807, 2.05) is 24.3 Å². The van der Waals surface area contributed by atoms with E-state index in [1.54, 1.807) is 7.11 Å². The van der Waals surface area contributed by atoms with Crippen LogP contribution in [0, 0.1) is 0 Å². The number of rotatable bonds is 6. The van der Waals surface area contributed by atoms with E-state index >= 15 is 0 Å². The molecule has 1 aromatic rings. The van der Waals surface area contributed by atoms with Crippen LogP contribution in [0.5, 0.6) is 5.75 Å². The largest absolute Gasteiger partial charge is 0.496 e. The second kappa shape index (κ2) is 5.86. The van der Waals surface area contributed by atoms with E-state index in [4.69, 9.17) is 4.74 Å². The molecule has 0 aromatic heterocycles. The van der Waals surface area contributed by atoms with Gasteiger partial charge in [-0.3, -0.25) is 0 Å². The third-order valence-corrected chi connectivity index (χ3v) is 3.10. The Morgan fingerprint density at radius 1 is 1.31 bits per heavy atom. The van der Waals surface area contributed by atoms with Gasteiger partial charge in [-0.05, 0) is 6.07 Å². The fourth-order valence-corrected chi connectivity index (χ4v) is 1.84. The molecule has 0 bridgehead atoms. The van der Waals surface area contributed by atoms with Crippen molar-refractivity contribution in [3.05, 3.63) is 29.8 Å². The van der Waals surface area contributed by atoms with Crippen molar-refractivity contribution >= 4 is 9.84 Å². The van der Waals surface area contributed by atoms with Gasteiger partial charge in [0.2, 0.25) is 0 Å². The third-order valence-electron chi connectivity index (χ3n) is 2.16. The molecule has 0 fully saturated rings. The van der Waals surface area contributed by atoms with E-state index in [9.17, 15) is 8.42 Å². The number of nitrogens with one attached hydrogen (secondary N) is 1. The Hall–Kier alpha value is -1.07. The fraction of sp³-hybridized carbons (Fsp3) is 0.455. The summed E-state index contributed by atoms with van der Waals surface area (Å²) < 4.78 is 27.0. The predicted molar refractivity (Wildman–Crippen MR) is 64.4 cm³/mol. The van der Waals surface area contributed by atoms with Gasteiger partial charge in [0.1, 0.15) is 15.6 Å². The Bertz CT molecular complexity index is 429. The molecule has 0 aliphatic heterocycles. The van der Waals surface area contributed by atoms with E-state index in [0.29, 0.717) is 13.1 Å². The molecule has 0 saturated carbocycles. The third kappa shape index (κ3) is 4.63. The fourth-order valence-electron chi connectivity index (χ4n) is 1.33. The van der Waals surface area contributed by atoms with Crippen molar-refractivity contribution in [2.24, 2.45) is 0 Å². The first-order valence-electron chi connectivity index (χ1n) is 5.03. The van der Waals surface area contributed by atoms with Crippen LogP contribution in [0.15, 0.2) is 24.3 Å². The summed E-state index contributed by atoms with van der Waals surface area (Å²) in [7, 11) is -1.27. The van der Waals surface area contributed by atoms with Crippen LogP contribution in [0.2, 0.25) is 0 Å². The Kier molecular flexibility index (Phi) is 4.76. The predicted octanol–water partition coefficient (Wildman–Crippen LogP) is 0.829. The quantitative estimate of drug-likeness (QED) is 0.752. The van der Waals surface area contributed by atoms with E-state index < -0.39 is 9.84 Å². The van der Waals surface area contributed by atoms with Gasteiger partial charge in [0.15, 0.2) is 0 Å². The Morgan fingerprint density at radius 2 is 2.00 bits per heavy atom. The van der Waals surface area contributed by atoms with Crippen molar-refractivity contribution < 1.29 is 13.2 Å². The number of para-hydroxylation sites is 1. The maximum Gasteiger partial charge on any atom is 0.148 e. The first-order chi connectivity index (χ1) is 7.53. The van der Waals surface area contributed by atoms with Crippen molar-refractivity contribution in [3.8, 4) is 5.75 Å². The normalized spacial score (nSPS) is 11.4. The summed E-state index contributed by atoms with van der Waals surface area (Å²) in [5, 5.41) is 3.07. The van der Waals surface area contributed by atoms with Gasteiger partial charge >= 0.3 is 0 Å². The number of benzene rings is 1. The van der Waals surface area contributed by atoms with Gasteiger partial charge in [-0.15, -0.1) is 0 Å². The summed E-state index contributed by atoms with van der Waals surface area (Å²) >= 11 is 0. The SMILES string of the molecule is COc1ccccc1CNCCS(C)(=O)=O. The van der Waals surface area contributed by atoms with E-state index in [2.05, 4.69) is 5.32 Å². The Labute approximate surface area is 96.5 Å². The first-order valence-corrected chi connectivity index (χ1v) is 7.09. The van der Waals surface area contributed by atoms with Crippen molar-refractivity contribution in [2.75, 3.05) is 25.7 Å². The highest BCUT2D eigenvalue weighted by Gasteiger charge is 2.03. The van der Waals surface area contributed by atoms with Gasteiger partial charge < -0.3 is 10.1 Å². The van der Waals surface area contributed by atoms with Crippen LogP contribution in [-0.2, 0) is 16.4 Å². The van der Waals surface area contributed by atoms with Crippen LogP contribution in [0.1, 0.15) is 5.56 Å². The maximum atomic E-state index is 10.9. The highest BCUT2D eigenvalue weighted by Crippen LogP contribution is 2.16. The molecule has 0 aliphatic carbocycles. The lowest BCUT2D eigenvalue weighted by Crippen LogP contribution is -2.22. The minimum absolute atomic E-state index is 0.155. The van der Waals surface area contributed by atoms with Gasteiger partial charge in [-0.1, -0.05) is 18.2 Å². The highest BCUT2D eigenvalue weighted by molar-refractivity contribution is 7.90. The molecule has 0 amide bonds. The lowest BCUT2D eigenvalue weighted by Gasteiger charge is -2.08. The number of hydrogen-bond acceptors (Lipinski definition) is 4. The minimum Gasteiger partial charge on any atom is -0.496 e. The zero-order valence-corrected chi connectivity index (χ0v) is 10.4. The van der Waals surface area contributed by atoms with Gasteiger partial charge in [0.05, 0.1) is 12.9 Å². The van der Waals surface area contributed by atoms with Gasteiger partial charge in [0.25, 0.3) is 0 Å². The van der Waals surface area contributed by atoms with E-state index in [-0.39, 0.29) is 5.75 Å². The molecule has 0 aliphatic rings. The zero-order valence-electron chi connectivity index (χ0n) is 9.56. The van der Waals surface area contributed by atoms with Crippen molar-refractivity contribution in [1.29, 1.82) is 0 Å². The number of methoxy groups -OCH3 is 1. The van der Waals surface area contributed by atoms with Crippen LogP contribution in [0.3, 0.4) is 0 Å². The molecule has 4 nitrogen and oxygen atoms in total. The molecule has 16 heavy (non-hydrogen) atoms. The van der Waals surface area contributed by atoms with Crippen molar-refractivity contribution in [2.45, 2.75) is 6.54 Å². The number of ether oxygens (including phenoxy) is 1. The molecule has 1 aromatic carbocycles. The topological polar surface area (TPSA) is 55.4 Å². The summed E-state index contributed by atoms with van der Waals surface area (Å²) in [5.74, 6) is 0.969. The maximum absolute atomic E-state index is 10.9. The van der Waals surface area contributed by atoms with Gasteiger partial charge in [-0.2, -0.15) is 0 Å². The molecule has 0 radical (unpaired) electrons. The van der Waals surface area contributed by atoms with E-state index in [0.717, 1.165) is 11.3 Å². The molecule has 0 unspecified atom stereocenters. The van der Waals surface area contributed by atoms with Crippen molar-refractivity contribution in [3.63, 3.8) is 0 Å². The van der Waals surface area contributed by atoms with Crippen molar-refractivity contribution in [1.82, 2.24) is 5.32 Å². The van der Waals surface area contributed by atoms with E-state index in [1.165, 1.54) is 6.26 Å². The average Bonchev–Trinajstić information content (AvgIpc) is 2.23. The number of sulfone groups is 1. The molecule has 1 N–H and O–H groups in total. The van der Waals surface area contributed by atoms with Crippen LogP contribution < -0.4 is 10.1 Å². The summed E-state index contributed by atoms with van der Waals surface area (Å²) in [6.07, 6.45) is 1.23. The second-order valence-electron chi connectivity index (χ2n) is 3.62. The second-order valence-corrected chi connectivity index (χ2v) is 5.88. The van der Waals surface area contributed by atoms with Crippen LogP contribution >= 0.6 is 0 Å². The lowest BCUT2D eigenvalue weighted by atomic mass is 10.2. The molecule has 5 heteroatoms. The van der Waals surface area contributed by atoms with Gasteiger partial charge in [0, 0.05) is 24.9 Å². The first kappa shape index (κ1) is 13.0. The summed E-state index contributed by atoms with van der Waals surface area (Å²) in [4.78, 5) is 0. The summed E-state index contributed by atoms with van der Waals surface area (Å²) in [5.41, 5.74) is 1.03. The molecule has 1 rings (SSSR count). The highest BCUT2D eigenvalue weighted by atomic mass is 32.2. The molecular weight excluding hydrogens is 226 g/mol. The standard InChI is InChI=1S/C11H17NO3S/c1-15-11-6-4-3-5-10(11)9-12-7-8-16(2,13)14/h3-6,12H,7-9H2,1-2H3. The molecule has 0 atom stereocenters. The van der Waals surface area contributed by atoms with Crippen LogP contribution in [0.25, 0.3) is 0 Å².